The number of nitrogens with zero attached hydrogens (tertiary/aromatic N) is 4. The summed E-state index contributed by atoms with van der Waals surface area (Å²) in [6, 6.07) is 17.0. The van der Waals surface area contributed by atoms with Crippen molar-refractivity contribution in [3.8, 4) is 23.1 Å². The Kier molecular flexibility index (Phi) is 7.24. The van der Waals surface area contributed by atoms with E-state index in [4.69, 9.17) is 19.8 Å². The molecule has 1 N–H and O–H groups in total. The molecule has 41 heavy (non-hydrogen) atoms. The molecule has 2 aromatic carbocycles. The minimum Gasteiger partial charge on any atom is -0.492 e. The van der Waals surface area contributed by atoms with Gasteiger partial charge in [0.1, 0.15) is 35.5 Å². The van der Waals surface area contributed by atoms with Crippen molar-refractivity contribution in [3.63, 3.8) is 0 Å². The molecular weight excluding hydrogens is 547 g/mol. The predicted molar refractivity (Wildman–Crippen MR) is 149 cm³/mol. The lowest BCUT2D eigenvalue weighted by atomic mass is 10.0. The number of hydrogen-bond donors (Lipinski definition) is 2. The maximum atomic E-state index is 14.3. The highest BCUT2D eigenvalue weighted by Gasteiger charge is 2.32. The van der Waals surface area contributed by atoms with Crippen LogP contribution in [-0.4, -0.2) is 32.2 Å². The first kappa shape index (κ1) is 26.3. The number of carboxylic acid groups (broad SMARTS) is 1. The molecule has 11 heteroatoms. The zero-order valence-corrected chi connectivity index (χ0v) is 22.4. The summed E-state index contributed by atoms with van der Waals surface area (Å²) >= 11 is 0. The molecule has 2 aliphatic heterocycles. The van der Waals surface area contributed by atoms with E-state index in [1.54, 1.807) is 30.7 Å². The highest BCUT2D eigenvalue weighted by atomic mass is 32.2. The number of halogens is 1. The van der Waals surface area contributed by atoms with Crippen LogP contribution in [0.2, 0.25) is 0 Å². The van der Waals surface area contributed by atoms with Gasteiger partial charge in [0.15, 0.2) is 5.75 Å². The first-order chi connectivity index (χ1) is 20.0. The second kappa shape index (κ2) is 11.3. The summed E-state index contributed by atoms with van der Waals surface area (Å²) in [6.07, 6.45) is 7.05. The summed E-state index contributed by atoms with van der Waals surface area (Å²) in [4.78, 5) is 32.7. The SMILES string of the molecule is N#Cc1ccc(COOc2cccnc2-c2ccccc2C[SH]2C(C(=O)O)=Cc3c2ncn3CC2=CCO2)c(F)c1. The van der Waals surface area contributed by atoms with Crippen LogP contribution < -0.4 is 4.89 Å². The van der Waals surface area contributed by atoms with Gasteiger partial charge in [-0.3, -0.25) is 4.98 Å². The van der Waals surface area contributed by atoms with Gasteiger partial charge in [0.25, 0.3) is 0 Å². The molecule has 0 radical (unpaired) electrons. The van der Waals surface area contributed by atoms with Crippen LogP contribution in [0, 0.1) is 17.1 Å². The lowest BCUT2D eigenvalue weighted by Gasteiger charge is -2.19. The standard InChI is InChI=1S/C30H23FN4O5S/c31-24-12-19(14-32)7-8-20(24)16-39-40-26-6-3-10-33-28(26)23-5-2-1-4-21(23)17-41-27(30(36)37)13-25-29(41)34-18-35(25)15-22-9-11-38-22/h1-10,12-13,18,41H,11,15-17H2,(H,36,37). The minimum absolute atomic E-state index is 0.182. The number of allylic oxidation sites excluding steroid dienone is 1. The smallest absolute Gasteiger partial charge is 0.340 e. The topological polar surface area (TPSA) is 119 Å². The molecule has 4 heterocycles. The van der Waals surface area contributed by atoms with Crippen molar-refractivity contribution in [2.45, 2.75) is 23.9 Å². The van der Waals surface area contributed by atoms with Gasteiger partial charge >= 0.3 is 5.97 Å². The number of imidazole rings is 1. The molecule has 0 spiro atoms. The Morgan fingerprint density at radius 3 is 2.78 bits per heavy atom. The fourth-order valence-corrected chi connectivity index (χ4v) is 6.94. The molecule has 206 valence electrons. The van der Waals surface area contributed by atoms with Crippen molar-refractivity contribution in [1.82, 2.24) is 14.5 Å². The van der Waals surface area contributed by atoms with Crippen molar-refractivity contribution in [1.29, 1.82) is 5.26 Å². The number of fused-ring (bicyclic) bond motifs is 1. The van der Waals surface area contributed by atoms with Gasteiger partial charge in [0, 0.05) is 23.1 Å². The summed E-state index contributed by atoms with van der Waals surface area (Å²) in [5, 5.41) is 19.7. The van der Waals surface area contributed by atoms with Crippen molar-refractivity contribution in [2.24, 2.45) is 0 Å². The molecule has 6 rings (SSSR count). The van der Waals surface area contributed by atoms with Gasteiger partial charge in [0.05, 0.1) is 35.1 Å². The quantitative estimate of drug-likeness (QED) is 0.148. The second-order valence-corrected chi connectivity index (χ2v) is 11.3. The van der Waals surface area contributed by atoms with Crippen LogP contribution >= 0.6 is 10.9 Å². The molecule has 9 nitrogen and oxygen atoms in total. The van der Waals surface area contributed by atoms with Crippen LogP contribution in [0.25, 0.3) is 17.3 Å². The van der Waals surface area contributed by atoms with Crippen molar-refractivity contribution in [3.05, 3.63) is 112 Å². The Hall–Kier alpha value is -4.92. The Balaban J connectivity index is 1.25. The number of aromatic nitrogens is 3. The zero-order valence-electron chi connectivity index (χ0n) is 21.5. The molecule has 0 aliphatic carbocycles. The van der Waals surface area contributed by atoms with Gasteiger partial charge in [-0.2, -0.15) is 21.0 Å². The third-order valence-electron chi connectivity index (χ3n) is 6.72. The highest BCUT2D eigenvalue weighted by molar-refractivity contribution is 8.20. The lowest BCUT2D eigenvalue weighted by molar-refractivity contribution is -0.217. The van der Waals surface area contributed by atoms with E-state index in [9.17, 15) is 14.3 Å². The van der Waals surface area contributed by atoms with Gasteiger partial charge in [-0.25, -0.2) is 14.2 Å². The van der Waals surface area contributed by atoms with Gasteiger partial charge in [-0.1, -0.05) is 30.3 Å². The largest absolute Gasteiger partial charge is 0.492 e. The van der Waals surface area contributed by atoms with Crippen LogP contribution in [0.1, 0.15) is 22.4 Å². The zero-order chi connectivity index (χ0) is 28.3. The number of carboxylic acids is 1. The molecule has 0 bridgehead atoms. The molecule has 4 aromatic rings. The van der Waals surface area contributed by atoms with E-state index in [1.165, 1.54) is 12.1 Å². The summed E-state index contributed by atoms with van der Waals surface area (Å²) in [7, 11) is -1.29. The number of benzene rings is 2. The molecular formula is C30H23FN4O5S. The van der Waals surface area contributed by atoms with Crippen molar-refractivity contribution < 1.29 is 28.8 Å². The molecule has 1 atom stereocenters. The van der Waals surface area contributed by atoms with Crippen molar-refractivity contribution in [2.75, 3.05) is 6.61 Å². The Bertz CT molecular complexity index is 1760. The molecule has 2 aromatic heterocycles. The van der Waals surface area contributed by atoms with E-state index in [-0.39, 0.29) is 17.7 Å². The van der Waals surface area contributed by atoms with E-state index < -0.39 is 22.7 Å². The van der Waals surface area contributed by atoms with E-state index >= 15 is 0 Å². The first-order valence-electron chi connectivity index (χ1n) is 12.6. The van der Waals surface area contributed by atoms with Gasteiger partial charge in [-0.15, -0.1) is 0 Å². The van der Waals surface area contributed by atoms with Crippen LogP contribution in [0.4, 0.5) is 4.39 Å². The second-order valence-electron chi connectivity index (χ2n) is 9.25. The predicted octanol–water partition coefficient (Wildman–Crippen LogP) is 5.38. The van der Waals surface area contributed by atoms with Crippen LogP contribution in [0.15, 0.2) is 88.9 Å². The molecule has 0 fully saturated rings. The number of carbonyl (C=O) groups is 1. The number of hydrogen-bond acceptors (Lipinski definition) is 7. The third-order valence-corrected chi connectivity index (χ3v) is 9.13. The minimum atomic E-state index is -1.29. The van der Waals surface area contributed by atoms with Gasteiger partial charge in [-0.05, 0) is 42.0 Å². The average molecular weight is 571 g/mol. The lowest BCUT2D eigenvalue weighted by Crippen LogP contribution is -2.12. The average Bonchev–Trinajstić information content (AvgIpc) is 3.52. The van der Waals surface area contributed by atoms with E-state index in [0.717, 1.165) is 33.7 Å². The van der Waals surface area contributed by atoms with Gasteiger partial charge < -0.3 is 19.3 Å². The van der Waals surface area contributed by atoms with Crippen molar-refractivity contribution >= 4 is 22.9 Å². The number of nitriles is 1. The van der Waals surface area contributed by atoms with Crippen LogP contribution in [0.3, 0.4) is 0 Å². The Labute approximate surface area is 237 Å². The highest BCUT2D eigenvalue weighted by Crippen LogP contribution is 2.54. The number of ether oxygens (including phenoxy) is 1. The molecule has 1 unspecified atom stereocenters. The summed E-state index contributed by atoms with van der Waals surface area (Å²) < 4.78 is 21.6. The van der Waals surface area contributed by atoms with Crippen LogP contribution in [0.5, 0.6) is 5.75 Å². The number of pyridine rings is 1. The molecule has 0 amide bonds. The van der Waals surface area contributed by atoms with E-state index in [0.29, 0.717) is 35.3 Å². The normalized spacial score (nSPS) is 16.0. The van der Waals surface area contributed by atoms with E-state index in [1.807, 2.05) is 41.0 Å². The maximum absolute atomic E-state index is 14.3. The maximum Gasteiger partial charge on any atom is 0.340 e. The summed E-state index contributed by atoms with van der Waals surface area (Å²) in [6.45, 7) is 0.911. The first-order valence-corrected chi connectivity index (χ1v) is 14.2. The fourth-order valence-electron chi connectivity index (χ4n) is 4.61. The molecule has 2 aliphatic rings. The van der Waals surface area contributed by atoms with Crippen LogP contribution in [-0.2, 0) is 33.3 Å². The molecule has 0 saturated carbocycles. The summed E-state index contributed by atoms with van der Waals surface area (Å²) in [5.41, 5.74) is 3.37. The number of thiol groups is 1. The fraction of sp³-hybridized carbons (Fsp3) is 0.133. The number of rotatable bonds is 10. The Morgan fingerprint density at radius 2 is 2.02 bits per heavy atom. The number of aliphatic carboxylic acids is 1. The Morgan fingerprint density at radius 1 is 1.17 bits per heavy atom. The molecule has 0 saturated heterocycles. The monoisotopic (exact) mass is 570 g/mol. The third kappa shape index (κ3) is 5.30. The summed E-state index contributed by atoms with van der Waals surface area (Å²) in [5.74, 6) is 0.0527. The van der Waals surface area contributed by atoms with Gasteiger partial charge in [0.2, 0.25) is 0 Å². The van der Waals surface area contributed by atoms with E-state index in [2.05, 4.69) is 9.97 Å².